The molecule has 1 aliphatic rings. The van der Waals surface area contributed by atoms with Crippen LogP contribution in [-0.4, -0.2) is 24.4 Å². The maximum absolute atomic E-state index is 9.78. The SMILES string of the molecule is COc1ccc(CO[C@@H]2CCCC[C@H]2O)cc1. The Hall–Kier alpha value is -1.06. The van der Waals surface area contributed by atoms with Gasteiger partial charge in [-0.15, -0.1) is 0 Å². The van der Waals surface area contributed by atoms with Crippen LogP contribution in [-0.2, 0) is 11.3 Å². The molecule has 0 aliphatic heterocycles. The lowest BCUT2D eigenvalue weighted by molar-refractivity contribution is -0.0661. The first-order valence-corrected chi connectivity index (χ1v) is 6.22. The second-order valence-electron chi connectivity index (χ2n) is 4.55. The summed E-state index contributed by atoms with van der Waals surface area (Å²) in [6.07, 6.45) is 3.83. The van der Waals surface area contributed by atoms with Gasteiger partial charge in [0, 0.05) is 0 Å². The average molecular weight is 236 g/mol. The molecule has 1 N–H and O–H groups in total. The van der Waals surface area contributed by atoms with Crippen molar-refractivity contribution < 1.29 is 14.6 Å². The zero-order valence-electron chi connectivity index (χ0n) is 10.3. The Morgan fingerprint density at radius 1 is 1.18 bits per heavy atom. The molecule has 0 bridgehead atoms. The second-order valence-corrected chi connectivity index (χ2v) is 4.55. The summed E-state index contributed by atoms with van der Waals surface area (Å²) in [5.74, 6) is 0.853. The first-order valence-electron chi connectivity index (χ1n) is 6.22. The van der Waals surface area contributed by atoms with Crippen LogP contribution in [0.15, 0.2) is 24.3 Å². The molecule has 0 heterocycles. The summed E-state index contributed by atoms with van der Waals surface area (Å²) in [5, 5.41) is 9.78. The first kappa shape index (κ1) is 12.4. The predicted octanol–water partition coefficient (Wildman–Crippen LogP) is 2.52. The van der Waals surface area contributed by atoms with Gasteiger partial charge in [-0.25, -0.2) is 0 Å². The Balaban J connectivity index is 1.84. The summed E-state index contributed by atoms with van der Waals surface area (Å²) in [4.78, 5) is 0. The van der Waals surface area contributed by atoms with Gasteiger partial charge in [-0.3, -0.25) is 0 Å². The lowest BCUT2D eigenvalue weighted by atomic mass is 9.95. The highest BCUT2D eigenvalue weighted by Gasteiger charge is 2.23. The number of aliphatic hydroxyl groups is 1. The molecule has 0 saturated heterocycles. The lowest BCUT2D eigenvalue weighted by Gasteiger charge is -2.27. The van der Waals surface area contributed by atoms with E-state index in [9.17, 15) is 5.11 Å². The van der Waals surface area contributed by atoms with Gasteiger partial charge in [-0.05, 0) is 30.5 Å². The molecule has 1 saturated carbocycles. The second kappa shape index (κ2) is 6.03. The van der Waals surface area contributed by atoms with E-state index in [4.69, 9.17) is 9.47 Å². The number of ether oxygens (including phenoxy) is 2. The number of aliphatic hydroxyl groups excluding tert-OH is 1. The third-order valence-corrected chi connectivity index (χ3v) is 3.29. The van der Waals surface area contributed by atoms with E-state index in [0.717, 1.165) is 37.0 Å². The van der Waals surface area contributed by atoms with Gasteiger partial charge in [-0.2, -0.15) is 0 Å². The minimum absolute atomic E-state index is 0.00542. The van der Waals surface area contributed by atoms with E-state index >= 15 is 0 Å². The molecule has 17 heavy (non-hydrogen) atoms. The van der Waals surface area contributed by atoms with Crippen LogP contribution in [0, 0.1) is 0 Å². The van der Waals surface area contributed by atoms with Crippen molar-refractivity contribution in [3.8, 4) is 5.75 Å². The van der Waals surface area contributed by atoms with E-state index in [2.05, 4.69) is 0 Å². The Bertz CT molecular complexity index is 334. The Morgan fingerprint density at radius 3 is 2.53 bits per heavy atom. The normalized spacial score (nSPS) is 24.6. The van der Waals surface area contributed by atoms with Gasteiger partial charge in [0.25, 0.3) is 0 Å². The van der Waals surface area contributed by atoms with Gasteiger partial charge in [-0.1, -0.05) is 25.0 Å². The Kier molecular flexibility index (Phi) is 4.40. The molecule has 3 nitrogen and oxygen atoms in total. The zero-order valence-corrected chi connectivity index (χ0v) is 10.3. The third kappa shape index (κ3) is 3.45. The van der Waals surface area contributed by atoms with Crippen LogP contribution in [0.5, 0.6) is 5.75 Å². The largest absolute Gasteiger partial charge is 0.497 e. The number of hydrogen-bond donors (Lipinski definition) is 1. The monoisotopic (exact) mass is 236 g/mol. The molecule has 0 unspecified atom stereocenters. The molecule has 1 fully saturated rings. The summed E-state index contributed by atoms with van der Waals surface area (Å²) in [5.41, 5.74) is 1.11. The topological polar surface area (TPSA) is 38.7 Å². The van der Waals surface area contributed by atoms with E-state index in [1.54, 1.807) is 7.11 Å². The van der Waals surface area contributed by atoms with Gasteiger partial charge in [0.2, 0.25) is 0 Å². The molecule has 2 rings (SSSR count). The van der Waals surface area contributed by atoms with Gasteiger partial charge < -0.3 is 14.6 Å². The molecule has 1 aromatic carbocycles. The van der Waals surface area contributed by atoms with Gasteiger partial charge in [0.05, 0.1) is 25.9 Å². The van der Waals surface area contributed by atoms with Crippen LogP contribution in [0.2, 0.25) is 0 Å². The van der Waals surface area contributed by atoms with Crippen LogP contribution >= 0.6 is 0 Å². The Morgan fingerprint density at radius 2 is 1.88 bits per heavy atom. The smallest absolute Gasteiger partial charge is 0.118 e. The van der Waals surface area contributed by atoms with Crippen molar-refractivity contribution >= 4 is 0 Å². The fraction of sp³-hybridized carbons (Fsp3) is 0.571. The molecule has 1 aromatic rings. The van der Waals surface area contributed by atoms with Crippen LogP contribution < -0.4 is 4.74 Å². The Labute approximate surface area is 102 Å². The molecule has 1 aliphatic carbocycles. The van der Waals surface area contributed by atoms with Crippen molar-refractivity contribution in [2.75, 3.05) is 7.11 Å². The molecule has 3 heteroatoms. The summed E-state index contributed by atoms with van der Waals surface area (Å²) in [7, 11) is 1.66. The van der Waals surface area contributed by atoms with Crippen LogP contribution in [0.3, 0.4) is 0 Å². The first-order chi connectivity index (χ1) is 8.29. The molecule has 94 valence electrons. The van der Waals surface area contributed by atoms with E-state index < -0.39 is 0 Å². The summed E-state index contributed by atoms with van der Waals surface area (Å²) in [6, 6.07) is 7.84. The summed E-state index contributed by atoms with van der Waals surface area (Å²) in [6.45, 7) is 0.561. The van der Waals surface area contributed by atoms with Crippen molar-refractivity contribution in [1.82, 2.24) is 0 Å². The third-order valence-electron chi connectivity index (χ3n) is 3.29. The zero-order chi connectivity index (χ0) is 12.1. The standard InChI is InChI=1S/C14H20O3/c1-16-12-8-6-11(7-9-12)10-17-14-5-3-2-4-13(14)15/h6-9,13-15H,2-5,10H2,1H3/t13-,14-/m1/s1. The number of hydrogen-bond acceptors (Lipinski definition) is 3. The number of rotatable bonds is 4. The number of benzene rings is 1. The molecule has 0 aromatic heterocycles. The van der Waals surface area contributed by atoms with E-state index in [1.807, 2.05) is 24.3 Å². The molecule has 2 atom stereocenters. The minimum Gasteiger partial charge on any atom is -0.497 e. The van der Waals surface area contributed by atoms with Crippen molar-refractivity contribution in [1.29, 1.82) is 0 Å². The predicted molar refractivity (Wildman–Crippen MR) is 66.0 cm³/mol. The van der Waals surface area contributed by atoms with E-state index in [1.165, 1.54) is 0 Å². The fourth-order valence-electron chi connectivity index (χ4n) is 2.20. The van der Waals surface area contributed by atoms with Crippen LogP contribution in [0.25, 0.3) is 0 Å². The highest BCUT2D eigenvalue weighted by Crippen LogP contribution is 2.22. The quantitative estimate of drug-likeness (QED) is 0.873. The van der Waals surface area contributed by atoms with Crippen molar-refractivity contribution in [2.24, 2.45) is 0 Å². The van der Waals surface area contributed by atoms with Gasteiger partial charge in [0.1, 0.15) is 5.75 Å². The highest BCUT2D eigenvalue weighted by atomic mass is 16.5. The lowest BCUT2D eigenvalue weighted by Crippen LogP contribution is -2.32. The molecule has 0 radical (unpaired) electrons. The molecular weight excluding hydrogens is 216 g/mol. The molecule has 0 amide bonds. The van der Waals surface area contributed by atoms with E-state index in [0.29, 0.717) is 6.61 Å². The van der Waals surface area contributed by atoms with Crippen molar-refractivity contribution in [3.05, 3.63) is 29.8 Å². The van der Waals surface area contributed by atoms with Crippen molar-refractivity contribution in [2.45, 2.75) is 44.5 Å². The molecule has 0 spiro atoms. The summed E-state index contributed by atoms with van der Waals surface area (Å²) >= 11 is 0. The van der Waals surface area contributed by atoms with Crippen LogP contribution in [0.1, 0.15) is 31.2 Å². The maximum Gasteiger partial charge on any atom is 0.118 e. The highest BCUT2D eigenvalue weighted by molar-refractivity contribution is 5.26. The molecular formula is C14H20O3. The maximum atomic E-state index is 9.78. The fourth-order valence-corrected chi connectivity index (χ4v) is 2.20. The summed E-state index contributed by atoms with van der Waals surface area (Å²) < 4.78 is 10.9. The minimum atomic E-state index is -0.290. The van der Waals surface area contributed by atoms with E-state index in [-0.39, 0.29) is 12.2 Å². The van der Waals surface area contributed by atoms with Crippen LogP contribution in [0.4, 0.5) is 0 Å². The van der Waals surface area contributed by atoms with Gasteiger partial charge >= 0.3 is 0 Å². The van der Waals surface area contributed by atoms with Gasteiger partial charge in [0.15, 0.2) is 0 Å². The average Bonchev–Trinajstić information content (AvgIpc) is 2.38. The number of methoxy groups -OCH3 is 1. The van der Waals surface area contributed by atoms with Crippen molar-refractivity contribution in [3.63, 3.8) is 0 Å².